The zero-order chi connectivity index (χ0) is 20.8. The number of hydrogen-bond donors (Lipinski definition) is 1. The van der Waals surface area contributed by atoms with Crippen molar-refractivity contribution in [3.63, 3.8) is 0 Å². The van der Waals surface area contributed by atoms with E-state index < -0.39 is 0 Å². The Hall–Kier alpha value is -1.78. The molecular weight excluding hydrogens is 350 g/mol. The Morgan fingerprint density at radius 3 is 2.17 bits per heavy atom. The third-order valence-corrected chi connectivity index (χ3v) is 5.17. The second-order valence-electron chi connectivity index (χ2n) is 7.85. The minimum absolute atomic E-state index is 0.362. The summed E-state index contributed by atoms with van der Waals surface area (Å²) < 4.78 is 0. The van der Waals surface area contributed by atoms with Crippen molar-refractivity contribution in [3.8, 4) is 11.8 Å². The highest BCUT2D eigenvalue weighted by Crippen LogP contribution is 2.10. The van der Waals surface area contributed by atoms with E-state index in [1.807, 2.05) is 0 Å². The Balaban J connectivity index is 1.87. The van der Waals surface area contributed by atoms with E-state index in [9.17, 15) is 0 Å². The second-order valence-corrected chi connectivity index (χ2v) is 7.85. The summed E-state index contributed by atoms with van der Waals surface area (Å²) in [4.78, 5) is 0. The second kappa shape index (κ2) is 19.5. The molecule has 1 N–H and O–H groups in total. The van der Waals surface area contributed by atoms with Gasteiger partial charge in [0, 0.05) is 12.5 Å². The maximum atomic E-state index is 3.47. The Kier molecular flexibility index (Phi) is 17.0. The summed E-state index contributed by atoms with van der Waals surface area (Å²) in [5.41, 5.74) is 1.32. The van der Waals surface area contributed by atoms with Gasteiger partial charge in [-0.2, -0.15) is 0 Å². The van der Waals surface area contributed by atoms with Crippen LogP contribution < -0.4 is 5.32 Å². The molecule has 29 heavy (non-hydrogen) atoms. The van der Waals surface area contributed by atoms with Crippen molar-refractivity contribution < 1.29 is 0 Å². The maximum absolute atomic E-state index is 3.47. The molecule has 160 valence electrons. The lowest BCUT2D eigenvalue weighted by Crippen LogP contribution is -2.18. The number of unbranched alkanes of at least 4 members (excludes halogenated alkanes) is 9. The van der Waals surface area contributed by atoms with Crippen molar-refractivity contribution in [1.82, 2.24) is 5.32 Å². The van der Waals surface area contributed by atoms with Crippen molar-refractivity contribution in [2.24, 2.45) is 0 Å². The third-order valence-electron chi connectivity index (χ3n) is 5.17. The zero-order valence-electron chi connectivity index (χ0n) is 19.0. The van der Waals surface area contributed by atoms with Crippen LogP contribution in [0.15, 0.2) is 54.6 Å². The Morgan fingerprint density at radius 1 is 0.793 bits per heavy atom. The van der Waals surface area contributed by atoms with Crippen LogP contribution in [0.1, 0.15) is 103 Å². The smallest absolute Gasteiger partial charge is 0.0581 e. The van der Waals surface area contributed by atoms with Crippen LogP contribution in [0, 0.1) is 11.8 Å². The molecule has 1 atom stereocenters. The van der Waals surface area contributed by atoms with Gasteiger partial charge in [0.15, 0.2) is 0 Å². The van der Waals surface area contributed by atoms with Crippen molar-refractivity contribution in [1.29, 1.82) is 0 Å². The molecule has 0 bridgehead atoms. The van der Waals surface area contributed by atoms with E-state index in [0.717, 1.165) is 19.4 Å². The highest BCUT2D eigenvalue weighted by atomic mass is 14.9. The molecule has 0 saturated heterocycles. The minimum Gasteiger partial charge on any atom is -0.300 e. The predicted octanol–water partition coefficient (Wildman–Crippen LogP) is 8.15. The monoisotopic (exact) mass is 393 g/mol. The van der Waals surface area contributed by atoms with Gasteiger partial charge >= 0.3 is 0 Å². The highest BCUT2D eigenvalue weighted by Gasteiger charge is 2.01. The van der Waals surface area contributed by atoms with E-state index in [2.05, 4.69) is 85.6 Å². The van der Waals surface area contributed by atoms with Crippen LogP contribution in [0.2, 0.25) is 0 Å². The van der Waals surface area contributed by atoms with Crippen LogP contribution >= 0.6 is 0 Å². The molecule has 1 aromatic carbocycles. The first-order chi connectivity index (χ1) is 14.3. The molecule has 0 aliphatic rings. The highest BCUT2D eigenvalue weighted by molar-refractivity contribution is 5.18. The minimum atomic E-state index is 0.362. The predicted molar refractivity (Wildman–Crippen MR) is 130 cm³/mol. The zero-order valence-corrected chi connectivity index (χ0v) is 19.0. The normalized spacial score (nSPS) is 12.3. The molecule has 1 nitrogen and oxygen atoms in total. The summed E-state index contributed by atoms with van der Waals surface area (Å²) in [5.74, 6) is 6.57. The topological polar surface area (TPSA) is 12.0 Å². The molecule has 0 aliphatic heterocycles. The molecule has 0 aromatic heterocycles. The van der Waals surface area contributed by atoms with Gasteiger partial charge in [0.1, 0.15) is 0 Å². The first kappa shape index (κ1) is 25.3. The van der Waals surface area contributed by atoms with E-state index in [4.69, 9.17) is 0 Å². The summed E-state index contributed by atoms with van der Waals surface area (Å²) in [5, 5.41) is 3.47. The fourth-order valence-electron chi connectivity index (χ4n) is 3.24. The van der Waals surface area contributed by atoms with E-state index in [-0.39, 0.29) is 0 Å². The van der Waals surface area contributed by atoms with Gasteiger partial charge in [-0.25, -0.2) is 0 Å². The first-order valence-electron chi connectivity index (χ1n) is 11.9. The van der Waals surface area contributed by atoms with Gasteiger partial charge in [0.2, 0.25) is 0 Å². The fourth-order valence-corrected chi connectivity index (χ4v) is 3.24. The van der Waals surface area contributed by atoms with Gasteiger partial charge in [0.05, 0.1) is 6.54 Å². The Bertz CT molecular complexity index is 588. The Labute approximate surface area is 181 Å². The summed E-state index contributed by atoms with van der Waals surface area (Å²) in [6.45, 7) is 5.22. The molecule has 1 rings (SSSR count). The number of nitrogens with one attached hydrogen (secondary N) is 1. The lowest BCUT2D eigenvalue weighted by molar-refractivity contribution is 0.620. The maximum Gasteiger partial charge on any atom is 0.0581 e. The van der Waals surface area contributed by atoms with Gasteiger partial charge < -0.3 is 0 Å². The molecule has 0 aliphatic carbocycles. The van der Waals surface area contributed by atoms with Crippen molar-refractivity contribution in [2.75, 3.05) is 6.54 Å². The number of rotatable bonds is 16. The third kappa shape index (κ3) is 15.8. The van der Waals surface area contributed by atoms with E-state index in [1.54, 1.807) is 0 Å². The molecular formula is C28H43N. The van der Waals surface area contributed by atoms with E-state index in [0.29, 0.717) is 6.04 Å². The van der Waals surface area contributed by atoms with Gasteiger partial charge in [-0.1, -0.05) is 99.6 Å². The molecule has 1 heteroatoms. The molecule has 0 amide bonds. The summed E-state index contributed by atoms with van der Waals surface area (Å²) in [6, 6.07) is 10.9. The number of allylic oxidation sites excluding steroid dienone is 4. The van der Waals surface area contributed by atoms with Crippen molar-refractivity contribution >= 4 is 0 Å². The van der Waals surface area contributed by atoms with Crippen LogP contribution in [0.5, 0.6) is 0 Å². The summed E-state index contributed by atoms with van der Waals surface area (Å²) in [7, 11) is 0. The lowest BCUT2D eigenvalue weighted by atomic mass is 10.1. The largest absolute Gasteiger partial charge is 0.300 e. The van der Waals surface area contributed by atoms with E-state index >= 15 is 0 Å². The van der Waals surface area contributed by atoms with Crippen molar-refractivity contribution in [2.45, 2.75) is 96.9 Å². The van der Waals surface area contributed by atoms with Gasteiger partial charge in [0.25, 0.3) is 0 Å². The average Bonchev–Trinajstić information content (AvgIpc) is 2.75. The van der Waals surface area contributed by atoms with Gasteiger partial charge in [-0.15, -0.1) is 5.92 Å². The molecule has 0 saturated carbocycles. The van der Waals surface area contributed by atoms with Crippen LogP contribution in [0.3, 0.4) is 0 Å². The molecule has 1 unspecified atom stereocenters. The molecule has 1 aromatic rings. The average molecular weight is 394 g/mol. The quantitative estimate of drug-likeness (QED) is 0.170. The number of benzene rings is 1. The molecule has 0 heterocycles. The lowest BCUT2D eigenvalue weighted by Gasteiger charge is -2.11. The standard InChI is InChI=1S/C28H43N/c1-3-4-5-6-7-8-9-10-11-12-13-14-15-16-17-18-19-23-26-29-27(2)28-24-21-20-22-25-28/h7-8,10-11,20-22,24-25,27,29H,3-6,9,12-18,26H2,1-2H3. The van der Waals surface area contributed by atoms with Gasteiger partial charge in [-0.3, -0.25) is 5.32 Å². The van der Waals surface area contributed by atoms with Gasteiger partial charge in [-0.05, 0) is 51.0 Å². The molecule has 0 radical (unpaired) electrons. The molecule has 0 fully saturated rings. The van der Waals surface area contributed by atoms with Crippen LogP contribution in [0.4, 0.5) is 0 Å². The van der Waals surface area contributed by atoms with Crippen LogP contribution in [-0.4, -0.2) is 6.54 Å². The van der Waals surface area contributed by atoms with Crippen LogP contribution in [-0.2, 0) is 0 Å². The summed E-state index contributed by atoms with van der Waals surface area (Å²) >= 11 is 0. The summed E-state index contributed by atoms with van der Waals surface area (Å²) in [6.07, 6.45) is 24.5. The fraction of sp³-hybridized carbons (Fsp3) is 0.571. The van der Waals surface area contributed by atoms with E-state index in [1.165, 1.54) is 69.8 Å². The Morgan fingerprint density at radius 2 is 1.45 bits per heavy atom. The van der Waals surface area contributed by atoms with Crippen molar-refractivity contribution in [3.05, 3.63) is 60.2 Å². The van der Waals surface area contributed by atoms with Crippen LogP contribution in [0.25, 0.3) is 0 Å². The first-order valence-corrected chi connectivity index (χ1v) is 11.9. The number of hydrogen-bond acceptors (Lipinski definition) is 1. The SMILES string of the molecule is CCCCCC=CCC=CCCCCCCCC#CCNC(C)c1ccccc1. The molecule has 0 spiro atoms.